The molecule has 0 aliphatic carbocycles. The molecule has 1 N–H and O–H groups in total. The number of nitrogens with zero attached hydrogens (tertiary/aromatic N) is 1. The first kappa shape index (κ1) is 10.4. The monoisotopic (exact) mass is 158 g/mol. The second kappa shape index (κ2) is 3.72. The van der Waals surface area contributed by atoms with E-state index in [1.165, 1.54) is 4.90 Å². The summed E-state index contributed by atoms with van der Waals surface area (Å²) in [6.07, 6.45) is 1.54. The van der Waals surface area contributed by atoms with Crippen LogP contribution in [0.5, 0.6) is 0 Å². The van der Waals surface area contributed by atoms with E-state index in [9.17, 15) is 9.90 Å². The average Bonchev–Trinajstić information content (AvgIpc) is 1.86. The predicted octanol–water partition coefficient (Wildman–Crippen LogP) is 0.883. The molecule has 1 unspecified atom stereocenters. The van der Waals surface area contributed by atoms with E-state index < -0.39 is 6.23 Å². The van der Waals surface area contributed by atoms with Gasteiger partial charge in [-0.1, -0.05) is 6.92 Å². The molecule has 0 fully saturated rings. The molecule has 1 radical (unpaired) electrons. The van der Waals surface area contributed by atoms with Crippen molar-refractivity contribution in [2.75, 3.05) is 0 Å². The van der Waals surface area contributed by atoms with Gasteiger partial charge in [0.2, 0.25) is 0 Å². The third kappa shape index (κ3) is 2.89. The molecule has 65 valence electrons. The predicted molar refractivity (Wildman–Crippen MR) is 43.6 cm³/mol. The summed E-state index contributed by atoms with van der Waals surface area (Å²) in [4.78, 5) is 11.7. The van der Waals surface area contributed by atoms with E-state index in [1.54, 1.807) is 6.41 Å². The Balaban J connectivity index is 4.28. The first-order valence-electron chi connectivity index (χ1n) is 3.78. The van der Waals surface area contributed by atoms with Gasteiger partial charge >= 0.3 is 6.41 Å². The first-order chi connectivity index (χ1) is 4.93. The number of amides is 1. The van der Waals surface area contributed by atoms with Crippen molar-refractivity contribution in [2.45, 2.75) is 45.9 Å². The fourth-order valence-corrected chi connectivity index (χ4v) is 0.827. The van der Waals surface area contributed by atoms with Crippen molar-refractivity contribution in [1.29, 1.82) is 0 Å². The quantitative estimate of drug-likeness (QED) is 0.489. The van der Waals surface area contributed by atoms with Crippen LogP contribution in [-0.2, 0) is 4.79 Å². The maximum Gasteiger partial charge on any atom is 0.314 e. The molecule has 1 atom stereocenters. The lowest BCUT2D eigenvalue weighted by Crippen LogP contribution is -2.46. The molecule has 3 heteroatoms. The molecule has 1 amide bonds. The van der Waals surface area contributed by atoms with E-state index in [4.69, 9.17) is 0 Å². The van der Waals surface area contributed by atoms with Gasteiger partial charge in [-0.3, -0.25) is 4.79 Å². The molecule has 0 saturated carbocycles. The van der Waals surface area contributed by atoms with Crippen molar-refractivity contribution in [1.82, 2.24) is 4.90 Å². The first-order valence-corrected chi connectivity index (χ1v) is 3.78. The van der Waals surface area contributed by atoms with E-state index in [2.05, 4.69) is 0 Å². The van der Waals surface area contributed by atoms with Crippen LogP contribution in [-0.4, -0.2) is 28.2 Å². The molecule has 0 aromatic heterocycles. The summed E-state index contributed by atoms with van der Waals surface area (Å²) in [6.45, 7) is 7.39. The fourth-order valence-electron chi connectivity index (χ4n) is 0.827. The molecule has 0 aliphatic rings. The van der Waals surface area contributed by atoms with Gasteiger partial charge in [-0.2, -0.15) is 0 Å². The Hall–Kier alpha value is -0.570. The molecule has 0 saturated heterocycles. The minimum atomic E-state index is -0.715. The number of hydrogen-bond donors (Lipinski definition) is 1. The SMILES string of the molecule is CCC(O)N([C]=O)C(C)(C)C. The Morgan fingerprint density at radius 2 is 2.00 bits per heavy atom. The van der Waals surface area contributed by atoms with Crippen LogP contribution in [0.2, 0.25) is 0 Å². The van der Waals surface area contributed by atoms with Gasteiger partial charge in [-0.05, 0) is 27.2 Å². The lowest BCUT2D eigenvalue weighted by Gasteiger charge is -2.34. The third-order valence-electron chi connectivity index (χ3n) is 1.48. The Morgan fingerprint density at radius 1 is 1.55 bits per heavy atom. The fraction of sp³-hybridized carbons (Fsp3) is 0.875. The Kier molecular flexibility index (Phi) is 3.52. The summed E-state index contributed by atoms with van der Waals surface area (Å²) in [5.41, 5.74) is -0.350. The Labute approximate surface area is 68.0 Å². The van der Waals surface area contributed by atoms with E-state index in [-0.39, 0.29) is 5.54 Å². The van der Waals surface area contributed by atoms with Gasteiger partial charge in [0.05, 0.1) is 0 Å². The third-order valence-corrected chi connectivity index (χ3v) is 1.48. The maximum absolute atomic E-state index is 10.4. The van der Waals surface area contributed by atoms with Gasteiger partial charge in [0.15, 0.2) is 0 Å². The molecular weight excluding hydrogens is 142 g/mol. The Morgan fingerprint density at radius 3 is 2.09 bits per heavy atom. The highest BCUT2D eigenvalue weighted by atomic mass is 16.3. The summed E-state index contributed by atoms with van der Waals surface area (Å²) in [6, 6.07) is 0. The minimum absolute atomic E-state index is 0.350. The number of aliphatic hydroxyl groups is 1. The van der Waals surface area contributed by atoms with Gasteiger partial charge in [-0.25, -0.2) is 0 Å². The molecule has 0 spiro atoms. The zero-order valence-electron chi connectivity index (χ0n) is 7.59. The van der Waals surface area contributed by atoms with Crippen LogP contribution < -0.4 is 0 Å². The zero-order valence-corrected chi connectivity index (χ0v) is 7.59. The standard InChI is InChI=1S/C8H16NO2/c1-5-7(11)9(6-10)8(2,3)4/h7,11H,5H2,1-4H3. The summed E-state index contributed by atoms with van der Waals surface area (Å²) >= 11 is 0. The van der Waals surface area contributed by atoms with Crippen LogP contribution in [0, 0.1) is 0 Å². The largest absolute Gasteiger partial charge is 0.374 e. The number of hydrogen-bond acceptors (Lipinski definition) is 2. The number of aliphatic hydroxyl groups excluding tert-OH is 1. The van der Waals surface area contributed by atoms with Gasteiger partial charge in [0.25, 0.3) is 0 Å². The van der Waals surface area contributed by atoms with Crippen molar-refractivity contribution in [3.05, 3.63) is 0 Å². The molecule has 0 heterocycles. The summed E-state index contributed by atoms with van der Waals surface area (Å²) in [5, 5.41) is 9.32. The highest BCUT2D eigenvalue weighted by molar-refractivity contribution is 5.49. The van der Waals surface area contributed by atoms with Crippen molar-refractivity contribution in [2.24, 2.45) is 0 Å². The molecule has 3 nitrogen and oxygen atoms in total. The number of rotatable bonds is 3. The van der Waals surface area contributed by atoms with Crippen LogP contribution in [0.1, 0.15) is 34.1 Å². The van der Waals surface area contributed by atoms with Crippen molar-refractivity contribution in [3.63, 3.8) is 0 Å². The van der Waals surface area contributed by atoms with Crippen LogP contribution in [0.15, 0.2) is 0 Å². The van der Waals surface area contributed by atoms with Crippen LogP contribution in [0.3, 0.4) is 0 Å². The molecule has 0 rings (SSSR count). The minimum Gasteiger partial charge on any atom is -0.374 e. The second-order valence-electron chi connectivity index (χ2n) is 3.52. The van der Waals surface area contributed by atoms with Gasteiger partial charge < -0.3 is 10.0 Å². The summed E-state index contributed by atoms with van der Waals surface area (Å²) in [5.74, 6) is 0. The van der Waals surface area contributed by atoms with Crippen molar-refractivity contribution >= 4 is 6.41 Å². The molecule has 0 aromatic carbocycles. The second-order valence-corrected chi connectivity index (χ2v) is 3.52. The lowest BCUT2D eigenvalue weighted by atomic mass is 10.1. The Bertz CT molecular complexity index is 129. The van der Waals surface area contributed by atoms with Crippen molar-refractivity contribution < 1.29 is 9.90 Å². The summed E-state index contributed by atoms with van der Waals surface area (Å²) < 4.78 is 0. The molecule has 0 aliphatic heterocycles. The van der Waals surface area contributed by atoms with Crippen LogP contribution in [0.25, 0.3) is 0 Å². The average molecular weight is 158 g/mol. The number of carbonyl (C=O) groups excluding carboxylic acids is 1. The van der Waals surface area contributed by atoms with Gasteiger partial charge in [-0.15, -0.1) is 0 Å². The van der Waals surface area contributed by atoms with E-state index in [0.29, 0.717) is 6.42 Å². The summed E-state index contributed by atoms with van der Waals surface area (Å²) in [7, 11) is 0. The van der Waals surface area contributed by atoms with Crippen molar-refractivity contribution in [3.8, 4) is 0 Å². The van der Waals surface area contributed by atoms with E-state index in [0.717, 1.165) is 0 Å². The van der Waals surface area contributed by atoms with Gasteiger partial charge in [0, 0.05) is 5.54 Å². The van der Waals surface area contributed by atoms with Crippen LogP contribution in [0.4, 0.5) is 0 Å². The smallest absolute Gasteiger partial charge is 0.314 e. The normalized spacial score (nSPS) is 14.3. The molecule has 11 heavy (non-hydrogen) atoms. The zero-order chi connectivity index (χ0) is 9.07. The molecule has 0 bridgehead atoms. The van der Waals surface area contributed by atoms with Crippen LogP contribution >= 0.6 is 0 Å². The molecule has 0 aromatic rings. The van der Waals surface area contributed by atoms with E-state index >= 15 is 0 Å². The topological polar surface area (TPSA) is 40.5 Å². The highest BCUT2D eigenvalue weighted by Crippen LogP contribution is 2.14. The van der Waals surface area contributed by atoms with E-state index in [1.807, 2.05) is 27.7 Å². The lowest BCUT2D eigenvalue weighted by molar-refractivity contribution is -0.000189. The molecular formula is C8H16NO2. The highest BCUT2D eigenvalue weighted by Gasteiger charge is 2.25. The maximum atomic E-state index is 10.4. The van der Waals surface area contributed by atoms with Gasteiger partial charge in [0.1, 0.15) is 6.23 Å².